The number of aliphatic hydroxyl groups excluding tert-OH is 1. The second-order valence-electron chi connectivity index (χ2n) is 5.95. The normalized spacial score (nSPS) is 15.2. The average molecular weight is 385 g/mol. The minimum atomic E-state index is -1.61. The zero-order valence-corrected chi connectivity index (χ0v) is 14.6. The van der Waals surface area contributed by atoms with Gasteiger partial charge < -0.3 is 36.7 Å². The molecule has 0 fully saturated rings. The van der Waals surface area contributed by atoms with Gasteiger partial charge in [-0.05, 0) is 13.3 Å². The molecule has 0 saturated carbocycles. The third kappa shape index (κ3) is 7.42. The number of aliphatic carboxylic acids is 2. The number of carboxylic acid groups (broad SMARTS) is 2. The number of nitrogens with zero attached hydrogens (tertiary/aromatic N) is 1. The molecule has 150 valence electrons. The summed E-state index contributed by atoms with van der Waals surface area (Å²) >= 11 is 0. The SMILES string of the molecule is CC(O)C(NC(=O)C(CCC(=O)O)NC(=O)C(N)Cc1cnc[nH]1)C(=O)O. The first kappa shape index (κ1) is 22.1. The number of nitrogens with one attached hydrogen (secondary N) is 3. The topological polar surface area (TPSA) is 208 Å². The highest BCUT2D eigenvalue weighted by Crippen LogP contribution is 2.03. The summed E-state index contributed by atoms with van der Waals surface area (Å²) in [6.45, 7) is 1.17. The molecule has 0 aliphatic heterocycles. The first-order chi connectivity index (χ1) is 12.6. The van der Waals surface area contributed by atoms with Crippen LogP contribution in [0, 0.1) is 0 Å². The third-order valence-electron chi connectivity index (χ3n) is 3.66. The molecule has 8 N–H and O–H groups in total. The number of carbonyl (C=O) groups is 4. The summed E-state index contributed by atoms with van der Waals surface area (Å²) in [5.41, 5.74) is 6.36. The van der Waals surface area contributed by atoms with Crippen molar-refractivity contribution in [2.45, 2.75) is 50.4 Å². The van der Waals surface area contributed by atoms with E-state index < -0.39 is 54.4 Å². The van der Waals surface area contributed by atoms with Gasteiger partial charge in [-0.15, -0.1) is 0 Å². The van der Waals surface area contributed by atoms with Crippen molar-refractivity contribution >= 4 is 23.8 Å². The molecule has 12 nitrogen and oxygen atoms in total. The summed E-state index contributed by atoms with van der Waals surface area (Å²) in [7, 11) is 0. The van der Waals surface area contributed by atoms with Crippen LogP contribution in [-0.4, -0.2) is 73.3 Å². The van der Waals surface area contributed by atoms with Crippen LogP contribution >= 0.6 is 0 Å². The summed E-state index contributed by atoms with van der Waals surface area (Å²) in [4.78, 5) is 52.9. The molecule has 4 atom stereocenters. The summed E-state index contributed by atoms with van der Waals surface area (Å²) in [5, 5.41) is 31.7. The van der Waals surface area contributed by atoms with Gasteiger partial charge in [-0.25, -0.2) is 9.78 Å². The van der Waals surface area contributed by atoms with Crippen LogP contribution in [0.15, 0.2) is 12.5 Å². The second-order valence-corrected chi connectivity index (χ2v) is 5.95. The predicted octanol–water partition coefficient (Wildman–Crippen LogP) is -2.42. The van der Waals surface area contributed by atoms with Gasteiger partial charge in [-0.1, -0.05) is 0 Å². The first-order valence-corrected chi connectivity index (χ1v) is 8.08. The zero-order chi connectivity index (χ0) is 20.6. The Morgan fingerprint density at radius 1 is 1.22 bits per heavy atom. The highest BCUT2D eigenvalue weighted by molar-refractivity contribution is 5.92. The minimum Gasteiger partial charge on any atom is -0.481 e. The number of hydrogen-bond acceptors (Lipinski definition) is 7. The van der Waals surface area contributed by atoms with Crippen molar-refractivity contribution in [1.82, 2.24) is 20.6 Å². The van der Waals surface area contributed by atoms with Crippen molar-refractivity contribution < 1.29 is 34.5 Å². The minimum absolute atomic E-state index is 0.102. The Labute approximate surface area is 154 Å². The molecule has 0 bridgehead atoms. The molecule has 0 aliphatic rings. The lowest BCUT2D eigenvalue weighted by molar-refractivity contribution is -0.145. The number of rotatable bonds is 11. The maximum atomic E-state index is 12.3. The van der Waals surface area contributed by atoms with E-state index in [1.165, 1.54) is 19.4 Å². The van der Waals surface area contributed by atoms with Gasteiger partial charge in [0.25, 0.3) is 0 Å². The van der Waals surface area contributed by atoms with Crippen molar-refractivity contribution in [3.63, 3.8) is 0 Å². The van der Waals surface area contributed by atoms with E-state index in [0.29, 0.717) is 5.69 Å². The molecule has 0 saturated heterocycles. The third-order valence-corrected chi connectivity index (χ3v) is 3.66. The Balaban J connectivity index is 2.79. The van der Waals surface area contributed by atoms with E-state index in [-0.39, 0.29) is 12.8 Å². The van der Waals surface area contributed by atoms with Crippen molar-refractivity contribution in [2.24, 2.45) is 5.73 Å². The summed E-state index contributed by atoms with van der Waals surface area (Å²) in [5.74, 6) is -4.34. The molecular formula is C15H23N5O7. The van der Waals surface area contributed by atoms with Crippen molar-refractivity contribution in [2.75, 3.05) is 0 Å². The molecule has 1 heterocycles. The number of carboxylic acids is 2. The van der Waals surface area contributed by atoms with Gasteiger partial charge in [-0.3, -0.25) is 14.4 Å². The van der Waals surface area contributed by atoms with Crippen LogP contribution in [0.2, 0.25) is 0 Å². The maximum Gasteiger partial charge on any atom is 0.328 e. The number of H-pyrrole nitrogens is 1. The Morgan fingerprint density at radius 2 is 1.89 bits per heavy atom. The van der Waals surface area contributed by atoms with Gasteiger partial charge in [-0.2, -0.15) is 0 Å². The van der Waals surface area contributed by atoms with E-state index in [2.05, 4.69) is 20.6 Å². The van der Waals surface area contributed by atoms with Crippen molar-refractivity contribution in [3.8, 4) is 0 Å². The molecule has 0 aromatic carbocycles. The van der Waals surface area contributed by atoms with E-state index in [1.807, 2.05) is 0 Å². The molecule has 0 spiro atoms. The Morgan fingerprint density at radius 3 is 2.37 bits per heavy atom. The predicted molar refractivity (Wildman–Crippen MR) is 90.3 cm³/mol. The van der Waals surface area contributed by atoms with Crippen LogP contribution < -0.4 is 16.4 Å². The van der Waals surface area contributed by atoms with Gasteiger partial charge in [0.05, 0.1) is 18.5 Å². The monoisotopic (exact) mass is 385 g/mol. The molecule has 4 unspecified atom stereocenters. The number of aromatic nitrogens is 2. The van der Waals surface area contributed by atoms with E-state index in [4.69, 9.17) is 15.9 Å². The van der Waals surface area contributed by atoms with E-state index in [9.17, 15) is 24.3 Å². The van der Waals surface area contributed by atoms with E-state index in [0.717, 1.165) is 0 Å². The average Bonchev–Trinajstić information content (AvgIpc) is 3.07. The summed E-state index contributed by atoms with van der Waals surface area (Å²) in [6.07, 6.45) is 0.860. The quantitative estimate of drug-likeness (QED) is 0.216. The summed E-state index contributed by atoms with van der Waals surface area (Å²) < 4.78 is 0. The lowest BCUT2D eigenvalue weighted by Gasteiger charge is -2.23. The highest BCUT2D eigenvalue weighted by Gasteiger charge is 2.30. The first-order valence-electron chi connectivity index (χ1n) is 8.08. The highest BCUT2D eigenvalue weighted by atomic mass is 16.4. The Kier molecular flexibility index (Phi) is 8.35. The molecule has 0 radical (unpaired) electrons. The molecule has 1 rings (SSSR count). The standard InChI is InChI=1S/C15H23N5O7/c1-7(21)12(15(26)27)20-14(25)10(2-3-11(22)23)19-13(24)9(16)4-8-5-17-6-18-8/h5-7,9-10,12,21H,2-4,16H2,1H3,(H,17,18)(H,19,24)(H,20,25)(H,22,23)(H,26,27). The molecule has 1 aromatic rings. The number of hydrogen-bond donors (Lipinski definition) is 7. The maximum absolute atomic E-state index is 12.3. The molecular weight excluding hydrogens is 362 g/mol. The van der Waals surface area contributed by atoms with Gasteiger partial charge >= 0.3 is 11.9 Å². The van der Waals surface area contributed by atoms with Crippen molar-refractivity contribution in [3.05, 3.63) is 18.2 Å². The van der Waals surface area contributed by atoms with Gasteiger partial charge in [0.15, 0.2) is 6.04 Å². The summed E-state index contributed by atoms with van der Waals surface area (Å²) in [6, 6.07) is -3.99. The van der Waals surface area contributed by atoms with Crippen molar-refractivity contribution in [1.29, 1.82) is 0 Å². The lowest BCUT2D eigenvalue weighted by atomic mass is 10.1. The Bertz CT molecular complexity index is 662. The number of aliphatic hydroxyl groups is 1. The van der Waals surface area contributed by atoms with Crippen LogP contribution in [0.4, 0.5) is 0 Å². The van der Waals surface area contributed by atoms with E-state index in [1.54, 1.807) is 0 Å². The molecule has 2 amide bonds. The number of nitrogens with two attached hydrogens (primary N) is 1. The molecule has 12 heteroatoms. The fraction of sp³-hybridized carbons (Fsp3) is 0.533. The molecule has 1 aromatic heterocycles. The molecule has 0 aliphatic carbocycles. The lowest BCUT2D eigenvalue weighted by Crippen LogP contribution is -2.56. The number of imidazole rings is 1. The smallest absolute Gasteiger partial charge is 0.328 e. The fourth-order valence-electron chi connectivity index (χ4n) is 2.18. The largest absolute Gasteiger partial charge is 0.481 e. The second kappa shape index (κ2) is 10.2. The van der Waals surface area contributed by atoms with Crippen LogP contribution in [0.25, 0.3) is 0 Å². The van der Waals surface area contributed by atoms with Gasteiger partial charge in [0.1, 0.15) is 6.04 Å². The van der Waals surface area contributed by atoms with Crippen LogP contribution in [0.5, 0.6) is 0 Å². The van der Waals surface area contributed by atoms with E-state index >= 15 is 0 Å². The van der Waals surface area contributed by atoms with Gasteiger partial charge in [0.2, 0.25) is 11.8 Å². The van der Waals surface area contributed by atoms with Crippen LogP contribution in [0.1, 0.15) is 25.5 Å². The number of aromatic amines is 1. The number of carbonyl (C=O) groups excluding carboxylic acids is 2. The van der Waals surface area contributed by atoms with Crippen LogP contribution in [-0.2, 0) is 25.6 Å². The van der Waals surface area contributed by atoms with Gasteiger partial charge in [0, 0.05) is 24.7 Å². The zero-order valence-electron chi connectivity index (χ0n) is 14.6. The fourth-order valence-corrected chi connectivity index (χ4v) is 2.18. The number of amides is 2. The van der Waals surface area contributed by atoms with Crippen LogP contribution in [0.3, 0.4) is 0 Å². The molecule has 27 heavy (non-hydrogen) atoms. The Hall–Kier alpha value is -2.99.